The fourth-order valence-corrected chi connectivity index (χ4v) is 3.59. The molecule has 6 nitrogen and oxygen atoms in total. The van der Waals surface area contributed by atoms with Crippen molar-refractivity contribution < 1.29 is 14.2 Å². The Morgan fingerprint density at radius 2 is 1.77 bits per heavy atom. The Balaban J connectivity index is 2.41. The second-order valence-corrected chi connectivity index (χ2v) is 6.54. The van der Waals surface area contributed by atoms with Crippen LogP contribution < -0.4 is 19.9 Å². The Bertz CT molecular complexity index is 862. The number of nitrogens with two attached hydrogens (primary N) is 1. The van der Waals surface area contributed by atoms with Crippen LogP contribution in [0.4, 0.5) is 5.82 Å². The van der Waals surface area contributed by atoms with E-state index in [1.807, 2.05) is 0 Å². The number of pyridine rings is 1. The van der Waals surface area contributed by atoms with Gasteiger partial charge in [-0.15, -0.1) is 0 Å². The van der Waals surface area contributed by atoms with Crippen molar-refractivity contribution in [2.45, 2.75) is 26.2 Å². The smallest absolute Gasteiger partial charge is 0.142 e. The SMILES string of the molecule is COc1cc(OC)c(-c2c(C#N)c(N)nc3c2CC(C)CC3)c(OC)c1. The molecule has 2 N–H and O–H groups in total. The lowest BCUT2D eigenvalue weighted by Gasteiger charge is -2.26. The predicted molar refractivity (Wildman–Crippen MR) is 99.6 cm³/mol. The fraction of sp³-hybridized carbons (Fsp3) is 0.400. The summed E-state index contributed by atoms with van der Waals surface area (Å²) in [6.07, 6.45) is 2.74. The van der Waals surface area contributed by atoms with E-state index in [0.717, 1.165) is 36.1 Å². The molecule has 0 radical (unpaired) electrons. The van der Waals surface area contributed by atoms with Crippen LogP contribution >= 0.6 is 0 Å². The van der Waals surface area contributed by atoms with Gasteiger partial charge in [-0.05, 0) is 30.7 Å². The summed E-state index contributed by atoms with van der Waals surface area (Å²) in [6, 6.07) is 5.80. The maximum Gasteiger partial charge on any atom is 0.142 e. The quantitative estimate of drug-likeness (QED) is 0.906. The van der Waals surface area contributed by atoms with E-state index in [1.165, 1.54) is 0 Å². The van der Waals surface area contributed by atoms with Crippen molar-refractivity contribution in [1.29, 1.82) is 5.26 Å². The van der Waals surface area contributed by atoms with E-state index in [1.54, 1.807) is 33.5 Å². The Labute approximate surface area is 153 Å². The van der Waals surface area contributed by atoms with Crippen molar-refractivity contribution in [2.24, 2.45) is 5.92 Å². The average Bonchev–Trinajstić information content (AvgIpc) is 2.66. The first-order chi connectivity index (χ1) is 12.5. The summed E-state index contributed by atoms with van der Waals surface area (Å²) in [4.78, 5) is 4.50. The van der Waals surface area contributed by atoms with Gasteiger partial charge in [0.2, 0.25) is 0 Å². The first-order valence-electron chi connectivity index (χ1n) is 8.55. The number of aryl methyl sites for hydroxylation is 1. The van der Waals surface area contributed by atoms with Gasteiger partial charge in [-0.25, -0.2) is 4.98 Å². The predicted octanol–water partition coefficient (Wildman–Crippen LogP) is 3.35. The zero-order valence-corrected chi connectivity index (χ0v) is 15.5. The first kappa shape index (κ1) is 17.9. The molecule has 1 heterocycles. The van der Waals surface area contributed by atoms with Gasteiger partial charge in [0, 0.05) is 23.4 Å². The Morgan fingerprint density at radius 1 is 1.12 bits per heavy atom. The largest absolute Gasteiger partial charge is 0.496 e. The monoisotopic (exact) mass is 353 g/mol. The number of hydrogen-bond donors (Lipinski definition) is 1. The third kappa shape index (κ3) is 2.90. The molecule has 136 valence electrons. The number of aromatic nitrogens is 1. The van der Waals surface area contributed by atoms with Crippen molar-refractivity contribution in [3.05, 3.63) is 29.0 Å². The van der Waals surface area contributed by atoms with Crippen LogP contribution in [0.5, 0.6) is 17.2 Å². The van der Waals surface area contributed by atoms with E-state index in [2.05, 4.69) is 18.0 Å². The number of methoxy groups -OCH3 is 3. The number of anilines is 1. The molecular formula is C20H23N3O3. The zero-order chi connectivity index (χ0) is 18.8. The number of nitrogen functional groups attached to an aromatic ring is 1. The molecule has 0 fully saturated rings. The molecule has 0 saturated heterocycles. The molecule has 1 aromatic carbocycles. The van der Waals surface area contributed by atoms with Crippen LogP contribution in [0.2, 0.25) is 0 Å². The van der Waals surface area contributed by atoms with Gasteiger partial charge in [-0.1, -0.05) is 6.92 Å². The van der Waals surface area contributed by atoms with Gasteiger partial charge >= 0.3 is 0 Å². The van der Waals surface area contributed by atoms with Crippen LogP contribution in [-0.2, 0) is 12.8 Å². The summed E-state index contributed by atoms with van der Waals surface area (Å²) in [5.41, 5.74) is 9.97. The van der Waals surface area contributed by atoms with E-state index in [9.17, 15) is 5.26 Å². The van der Waals surface area contributed by atoms with Crippen molar-refractivity contribution in [2.75, 3.05) is 27.1 Å². The van der Waals surface area contributed by atoms with Crippen LogP contribution in [0, 0.1) is 17.2 Å². The van der Waals surface area contributed by atoms with Crippen LogP contribution in [0.1, 0.15) is 30.2 Å². The molecule has 26 heavy (non-hydrogen) atoms. The summed E-state index contributed by atoms with van der Waals surface area (Å²) < 4.78 is 16.6. The Hall–Kier alpha value is -2.94. The number of nitriles is 1. The molecule has 0 aliphatic heterocycles. The molecule has 3 rings (SSSR count). The number of benzene rings is 1. The van der Waals surface area contributed by atoms with Gasteiger partial charge < -0.3 is 19.9 Å². The maximum absolute atomic E-state index is 9.78. The molecular weight excluding hydrogens is 330 g/mol. The van der Waals surface area contributed by atoms with Gasteiger partial charge in [0.15, 0.2) is 0 Å². The molecule has 1 aliphatic rings. The minimum Gasteiger partial charge on any atom is -0.496 e. The second-order valence-electron chi connectivity index (χ2n) is 6.54. The topological polar surface area (TPSA) is 90.4 Å². The highest BCUT2D eigenvalue weighted by Crippen LogP contribution is 2.47. The van der Waals surface area contributed by atoms with Crippen LogP contribution in [-0.4, -0.2) is 26.3 Å². The lowest BCUT2D eigenvalue weighted by atomic mass is 9.81. The number of fused-ring (bicyclic) bond motifs is 1. The molecule has 1 atom stereocenters. The van der Waals surface area contributed by atoms with Crippen molar-refractivity contribution >= 4 is 5.82 Å². The van der Waals surface area contributed by atoms with Crippen molar-refractivity contribution in [3.63, 3.8) is 0 Å². The molecule has 0 saturated carbocycles. The minimum atomic E-state index is 0.246. The summed E-state index contributed by atoms with van der Waals surface area (Å²) in [5.74, 6) is 2.52. The lowest BCUT2D eigenvalue weighted by molar-refractivity contribution is 0.377. The van der Waals surface area contributed by atoms with Crippen LogP contribution in [0.25, 0.3) is 11.1 Å². The third-order valence-electron chi connectivity index (χ3n) is 4.92. The van der Waals surface area contributed by atoms with Crippen molar-refractivity contribution in [1.82, 2.24) is 4.98 Å². The van der Waals surface area contributed by atoms with Gasteiger partial charge in [0.1, 0.15) is 34.7 Å². The summed E-state index contributed by atoms with van der Waals surface area (Å²) >= 11 is 0. The van der Waals surface area contributed by atoms with E-state index >= 15 is 0 Å². The minimum absolute atomic E-state index is 0.246. The highest BCUT2D eigenvalue weighted by atomic mass is 16.5. The average molecular weight is 353 g/mol. The van der Waals surface area contributed by atoms with Gasteiger partial charge in [0.05, 0.1) is 26.9 Å². The van der Waals surface area contributed by atoms with Gasteiger partial charge in [-0.2, -0.15) is 5.26 Å². The molecule has 0 amide bonds. The maximum atomic E-state index is 9.78. The van der Waals surface area contributed by atoms with E-state index in [0.29, 0.717) is 34.3 Å². The van der Waals surface area contributed by atoms with Crippen molar-refractivity contribution in [3.8, 4) is 34.4 Å². The Kier molecular flexibility index (Phi) is 4.90. The molecule has 1 aromatic heterocycles. The molecule has 6 heteroatoms. The summed E-state index contributed by atoms with van der Waals surface area (Å²) in [5, 5.41) is 9.78. The third-order valence-corrected chi connectivity index (χ3v) is 4.92. The standard InChI is InChI=1S/C20H23N3O3/c1-11-5-6-15-13(7-11)18(14(10-21)20(22)23-15)19-16(25-3)8-12(24-2)9-17(19)26-4/h8-9,11H,5-7H2,1-4H3,(H2,22,23). The first-order valence-corrected chi connectivity index (χ1v) is 8.55. The molecule has 0 bridgehead atoms. The number of ether oxygens (including phenoxy) is 3. The molecule has 1 aliphatic carbocycles. The zero-order valence-electron chi connectivity index (χ0n) is 15.5. The fourth-order valence-electron chi connectivity index (χ4n) is 3.59. The number of nitrogens with zero attached hydrogens (tertiary/aromatic N) is 2. The highest BCUT2D eigenvalue weighted by Gasteiger charge is 2.28. The van der Waals surface area contributed by atoms with E-state index < -0.39 is 0 Å². The van der Waals surface area contributed by atoms with E-state index in [4.69, 9.17) is 19.9 Å². The second kappa shape index (κ2) is 7.12. The number of hydrogen-bond acceptors (Lipinski definition) is 6. The lowest BCUT2D eigenvalue weighted by Crippen LogP contribution is -2.17. The van der Waals surface area contributed by atoms with Gasteiger partial charge in [-0.3, -0.25) is 0 Å². The molecule has 1 unspecified atom stereocenters. The van der Waals surface area contributed by atoms with Gasteiger partial charge in [0.25, 0.3) is 0 Å². The summed E-state index contributed by atoms with van der Waals surface area (Å²) in [6.45, 7) is 2.21. The number of rotatable bonds is 4. The Morgan fingerprint density at radius 3 is 2.31 bits per heavy atom. The molecule has 2 aromatic rings. The highest BCUT2D eigenvalue weighted by molar-refractivity contribution is 5.87. The van der Waals surface area contributed by atoms with Crippen LogP contribution in [0.15, 0.2) is 12.1 Å². The molecule has 0 spiro atoms. The van der Waals surface area contributed by atoms with Crippen LogP contribution in [0.3, 0.4) is 0 Å². The van der Waals surface area contributed by atoms with E-state index in [-0.39, 0.29) is 5.82 Å². The summed E-state index contributed by atoms with van der Waals surface area (Å²) in [7, 11) is 4.76. The normalized spacial score (nSPS) is 15.7.